The Kier molecular flexibility index (Phi) is 7.44. The molecule has 0 unspecified atom stereocenters. The lowest BCUT2D eigenvalue weighted by atomic mass is 9.97. The summed E-state index contributed by atoms with van der Waals surface area (Å²) in [5.74, 6) is -0.228. The van der Waals surface area contributed by atoms with Gasteiger partial charge >= 0.3 is 0 Å². The number of hydrogen-bond acceptors (Lipinski definition) is 5. The number of carbonyl (C=O) groups excluding carboxylic acids is 1. The number of nitriles is 1. The van der Waals surface area contributed by atoms with Crippen molar-refractivity contribution in [2.75, 3.05) is 18.4 Å². The molecular formula is C26H24FN3O4S. The fraction of sp³-hybridized carbons (Fsp3) is 0.231. The van der Waals surface area contributed by atoms with Crippen molar-refractivity contribution < 1.29 is 22.3 Å². The van der Waals surface area contributed by atoms with Crippen molar-refractivity contribution in [3.63, 3.8) is 0 Å². The second kappa shape index (κ2) is 10.7. The molecule has 1 N–H and O–H groups in total. The molecule has 1 saturated heterocycles. The summed E-state index contributed by atoms with van der Waals surface area (Å²) in [6, 6.07) is 20.8. The van der Waals surface area contributed by atoms with E-state index in [2.05, 4.69) is 5.32 Å². The van der Waals surface area contributed by atoms with E-state index in [1.807, 2.05) is 6.07 Å². The SMILES string of the molecule is N#Cc1ccc(S(=O)(=O)N2CCC(C(=O)Nc3cccc(OCc4ccc(F)cc4)c3)CC2)cc1. The number of hydrogen-bond donors (Lipinski definition) is 1. The first-order valence-corrected chi connectivity index (χ1v) is 12.6. The summed E-state index contributed by atoms with van der Waals surface area (Å²) in [5.41, 5.74) is 1.80. The van der Waals surface area contributed by atoms with Gasteiger partial charge in [-0.15, -0.1) is 0 Å². The second-order valence-corrected chi connectivity index (χ2v) is 10.2. The third-order valence-electron chi connectivity index (χ3n) is 5.87. The normalized spacial score (nSPS) is 14.7. The number of nitrogens with one attached hydrogen (secondary N) is 1. The van der Waals surface area contributed by atoms with Crippen LogP contribution in [0.25, 0.3) is 0 Å². The first kappa shape index (κ1) is 24.4. The Balaban J connectivity index is 1.31. The molecule has 1 aliphatic rings. The number of anilines is 1. The Morgan fingerprint density at radius 2 is 1.74 bits per heavy atom. The predicted molar refractivity (Wildman–Crippen MR) is 128 cm³/mol. The van der Waals surface area contributed by atoms with Crippen molar-refractivity contribution in [1.29, 1.82) is 5.26 Å². The molecule has 1 heterocycles. The van der Waals surface area contributed by atoms with Crippen LogP contribution in [0.4, 0.5) is 10.1 Å². The van der Waals surface area contributed by atoms with Gasteiger partial charge in [-0.3, -0.25) is 4.79 Å². The van der Waals surface area contributed by atoms with Gasteiger partial charge in [-0.05, 0) is 66.9 Å². The van der Waals surface area contributed by atoms with Crippen LogP contribution >= 0.6 is 0 Å². The molecule has 0 saturated carbocycles. The monoisotopic (exact) mass is 493 g/mol. The molecule has 1 amide bonds. The molecule has 1 fully saturated rings. The van der Waals surface area contributed by atoms with E-state index in [9.17, 15) is 17.6 Å². The van der Waals surface area contributed by atoms with E-state index in [4.69, 9.17) is 10.00 Å². The van der Waals surface area contributed by atoms with E-state index < -0.39 is 10.0 Å². The van der Waals surface area contributed by atoms with Crippen LogP contribution < -0.4 is 10.1 Å². The minimum atomic E-state index is -3.68. The molecular weight excluding hydrogens is 469 g/mol. The number of ether oxygens (including phenoxy) is 1. The van der Waals surface area contributed by atoms with Gasteiger partial charge in [0.05, 0.1) is 16.5 Å². The Labute approximate surface area is 203 Å². The Morgan fingerprint density at radius 1 is 1.06 bits per heavy atom. The topological polar surface area (TPSA) is 99.5 Å². The maximum absolute atomic E-state index is 13.0. The zero-order chi connectivity index (χ0) is 24.8. The van der Waals surface area contributed by atoms with Gasteiger partial charge < -0.3 is 10.1 Å². The van der Waals surface area contributed by atoms with Crippen molar-refractivity contribution in [2.45, 2.75) is 24.3 Å². The van der Waals surface area contributed by atoms with E-state index >= 15 is 0 Å². The summed E-state index contributed by atoms with van der Waals surface area (Å²) >= 11 is 0. The lowest BCUT2D eigenvalue weighted by Crippen LogP contribution is -2.41. The number of nitrogens with zero attached hydrogens (tertiary/aromatic N) is 2. The van der Waals surface area contributed by atoms with E-state index in [-0.39, 0.29) is 42.2 Å². The maximum atomic E-state index is 13.0. The second-order valence-electron chi connectivity index (χ2n) is 8.25. The number of benzene rings is 3. The van der Waals surface area contributed by atoms with Crippen molar-refractivity contribution in [2.24, 2.45) is 5.92 Å². The molecule has 9 heteroatoms. The molecule has 7 nitrogen and oxygen atoms in total. The number of amides is 1. The third kappa shape index (κ3) is 6.04. The summed E-state index contributed by atoms with van der Waals surface area (Å²) in [4.78, 5) is 12.9. The van der Waals surface area contributed by atoms with Crippen LogP contribution in [-0.2, 0) is 21.4 Å². The largest absolute Gasteiger partial charge is 0.489 e. The summed E-state index contributed by atoms with van der Waals surface area (Å²) in [7, 11) is -3.68. The van der Waals surface area contributed by atoms with E-state index in [1.165, 1.54) is 40.7 Å². The highest BCUT2D eigenvalue weighted by Gasteiger charge is 2.32. The van der Waals surface area contributed by atoms with E-state index in [0.717, 1.165) is 5.56 Å². The van der Waals surface area contributed by atoms with Gasteiger partial charge in [-0.1, -0.05) is 18.2 Å². The summed E-state index contributed by atoms with van der Waals surface area (Å²) in [5, 5.41) is 11.8. The minimum Gasteiger partial charge on any atom is -0.489 e. The lowest BCUT2D eigenvalue weighted by Gasteiger charge is -2.30. The van der Waals surface area contributed by atoms with E-state index in [0.29, 0.717) is 29.8 Å². The smallest absolute Gasteiger partial charge is 0.243 e. The number of piperidine rings is 1. The first-order chi connectivity index (χ1) is 16.8. The van der Waals surface area contributed by atoms with Crippen LogP contribution in [0.2, 0.25) is 0 Å². The summed E-state index contributed by atoms with van der Waals surface area (Å²) < 4.78 is 45.9. The van der Waals surface area contributed by atoms with Crippen LogP contribution in [0.15, 0.2) is 77.7 Å². The standard InChI is InChI=1S/C26H24FN3O4S/c27-22-8-4-20(5-9-22)18-34-24-3-1-2-23(16-24)29-26(31)21-12-14-30(15-13-21)35(32,33)25-10-6-19(17-28)7-11-25/h1-11,16,21H,12-15,18H2,(H,29,31). The highest BCUT2D eigenvalue weighted by atomic mass is 32.2. The molecule has 0 aromatic heterocycles. The first-order valence-electron chi connectivity index (χ1n) is 11.1. The highest BCUT2D eigenvalue weighted by Crippen LogP contribution is 2.26. The van der Waals surface area contributed by atoms with Gasteiger partial charge in [-0.2, -0.15) is 9.57 Å². The van der Waals surface area contributed by atoms with Gasteiger partial charge in [0.15, 0.2) is 0 Å². The Hall–Kier alpha value is -3.74. The quantitative estimate of drug-likeness (QED) is 0.529. The van der Waals surface area contributed by atoms with Crippen molar-refractivity contribution in [3.8, 4) is 11.8 Å². The maximum Gasteiger partial charge on any atom is 0.243 e. The zero-order valence-corrected chi connectivity index (χ0v) is 19.7. The number of carbonyl (C=O) groups is 1. The molecule has 4 rings (SSSR count). The minimum absolute atomic E-state index is 0.136. The molecule has 0 spiro atoms. The van der Waals surface area contributed by atoms with Crippen molar-refractivity contribution in [1.82, 2.24) is 4.31 Å². The van der Waals surface area contributed by atoms with Gasteiger partial charge in [0, 0.05) is 30.8 Å². The van der Waals surface area contributed by atoms with Gasteiger partial charge in [0.25, 0.3) is 0 Å². The fourth-order valence-corrected chi connectivity index (χ4v) is 5.33. The van der Waals surface area contributed by atoms with Gasteiger partial charge in [0.1, 0.15) is 18.2 Å². The molecule has 1 aliphatic heterocycles. The molecule has 0 aliphatic carbocycles. The summed E-state index contributed by atoms with van der Waals surface area (Å²) in [6.07, 6.45) is 0.810. The number of halogens is 1. The average Bonchev–Trinajstić information content (AvgIpc) is 2.88. The fourth-order valence-electron chi connectivity index (χ4n) is 3.86. The third-order valence-corrected chi connectivity index (χ3v) is 7.78. The highest BCUT2D eigenvalue weighted by molar-refractivity contribution is 7.89. The molecule has 3 aromatic rings. The van der Waals surface area contributed by atoms with Crippen LogP contribution in [0, 0.1) is 23.1 Å². The number of rotatable bonds is 7. The van der Waals surface area contributed by atoms with Crippen molar-refractivity contribution in [3.05, 3.63) is 89.7 Å². The predicted octanol–water partition coefficient (Wildman–Crippen LogP) is 4.32. The van der Waals surface area contributed by atoms with Crippen LogP contribution in [0.1, 0.15) is 24.0 Å². The molecule has 180 valence electrons. The molecule has 0 atom stereocenters. The Bertz CT molecular complexity index is 1330. The van der Waals surface area contributed by atoms with Crippen LogP contribution in [0.5, 0.6) is 5.75 Å². The zero-order valence-electron chi connectivity index (χ0n) is 18.9. The Morgan fingerprint density at radius 3 is 2.40 bits per heavy atom. The van der Waals surface area contributed by atoms with Gasteiger partial charge in [0.2, 0.25) is 15.9 Å². The molecule has 35 heavy (non-hydrogen) atoms. The lowest BCUT2D eigenvalue weighted by molar-refractivity contribution is -0.120. The van der Waals surface area contributed by atoms with Gasteiger partial charge in [-0.25, -0.2) is 12.8 Å². The van der Waals surface area contributed by atoms with Crippen LogP contribution in [0.3, 0.4) is 0 Å². The van der Waals surface area contributed by atoms with Crippen LogP contribution in [-0.4, -0.2) is 31.7 Å². The number of sulfonamides is 1. The molecule has 3 aromatic carbocycles. The summed E-state index contributed by atoms with van der Waals surface area (Å²) in [6.45, 7) is 0.742. The van der Waals surface area contributed by atoms with E-state index in [1.54, 1.807) is 36.4 Å². The van der Waals surface area contributed by atoms with Crippen molar-refractivity contribution >= 4 is 21.6 Å². The molecule has 0 bridgehead atoms. The molecule has 0 radical (unpaired) electrons. The average molecular weight is 494 g/mol.